The first kappa shape index (κ1) is 21.4. The zero-order valence-corrected chi connectivity index (χ0v) is 17.0. The summed E-state index contributed by atoms with van der Waals surface area (Å²) in [5, 5.41) is 12.4. The zero-order valence-electron chi connectivity index (χ0n) is 15.5. The van der Waals surface area contributed by atoms with Gasteiger partial charge in [0.1, 0.15) is 29.8 Å². The van der Waals surface area contributed by atoms with Crippen molar-refractivity contribution in [2.45, 2.75) is 6.61 Å². The molecule has 1 amide bonds. The number of anilines is 1. The SMILES string of the molecule is N#C/C(=C/c1ccc(OCc2ccc(F)cc2)cc1)C(=O)Nc1cccc(Cl)c1Cl. The molecule has 0 unspecified atom stereocenters. The number of nitriles is 1. The van der Waals surface area contributed by atoms with Gasteiger partial charge in [0.25, 0.3) is 5.91 Å². The van der Waals surface area contributed by atoms with Crippen LogP contribution in [0.15, 0.2) is 72.3 Å². The van der Waals surface area contributed by atoms with Crippen molar-refractivity contribution in [1.29, 1.82) is 5.26 Å². The van der Waals surface area contributed by atoms with Gasteiger partial charge in [-0.15, -0.1) is 0 Å². The summed E-state index contributed by atoms with van der Waals surface area (Å²) >= 11 is 12.0. The van der Waals surface area contributed by atoms with Crippen molar-refractivity contribution in [2.24, 2.45) is 0 Å². The molecule has 0 fully saturated rings. The van der Waals surface area contributed by atoms with Crippen LogP contribution in [0.3, 0.4) is 0 Å². The molecule has 30 heavy (non-hydrogen) atoms. The van der Waals surface area contributed by atoms with Crippen LogP contribution in [-0.2, 0) is 11.4 Å². The predicted octanol–water partition coefficient (Wildman–Crippen LogP) is 6.26. The molecule has 0 radical (unpaired) electrons. The van der Waals surface area contributed by atoms with E-state index in [0.29, 0.717) is 28.6 Å². The molecule has 3 rings (SSSR count). The average Bonchev–Trinajstić information content (AvgIpc) is 2.75. The van der Waals surface area contributed by atoms with Crippen molar-refractivity contribution < 1.29 is 13.9 Å². The van der Waals surface area contributed by atoms with Crippen LogP contribution in [0.1, 0.15) is 11.1 Å². The Morgan fingerprint density at radius 2 is 1.77 bits per heavy atom. The summed E-state index contributed by atoms with van der Waals surface area (Å²) in [5.41, 5.74) is 1.71. The van der Waals surface area contributed by atoms with Crippen molar-refractivity contribution in [3.63, 3.8) is 0 Å². The number of ether oxygens (including phenoxy) is 1. The van der Waals surface area contributed by atoms with Gasteiger partial charge in [-0.2, -0.15) is 5.26 Å². The molecule has 0 aliphatic heterocycles. The first-order valence-electron chi connectivity index (χ1n) is 8.81. The van der Waals surface area contributed by atoms with Crippen LogP contribution in [0.4, 0.5) is 10.1 Å². The number of rotatable bonds is 6. The number of halogens is 3. The van der Waals surface area contributed by atoms with Gasteiger partial charge in [-0.3, -0.25) is 4.79 Å². The predicted molar refractivity (Wildman–Crippen MR) is 116 cm³/mol. The molecule has 0 atom stereocenters. The Morgan fingerprint density at radius 1 is 1.07 bits per heavy atom. The fraction of sp³-hybridized carbons (Fsp3) is 0.0435. The van der Waals surface area contributed by atoms with Crippen LogP contribution in [0, 0.1) is 17.1 Å². The van der Waals surface area contributed by atoms with Crippen LogP contribution in [0.2, 0.25) is 10.0 Å². The lowest BCUT2D eigenvalue weighted by molar-refractivity contribution is -0.112. The lowest BCUT2D eigenvalue weighted by Gasteiger charge is -2.08. The maximum atomic E-state index is 12.9. The summed E-state index contributed by atoms with van der Waals surface area (Å²) in [6, 6.07) is 19.6. The fourth-order valence-corrected chi connectivity index (χ4v) is 2.86. The van der Waals surface area contributed by atoms with Gasteiger partial charge >= 0.3 is 0 Å². The van der Waals surface area contributed by atoms with E-state index in [2.05, 4.69) is 5.32 Å². The molecule has 3 aromatic carbocycles. The summed E-state index contributed by atoms with van der Waals surface area (Å²) in [6.45, 7) is 0.293. The molecule has 0 bridgehead atoms. The summed E-state index contributed by atoms with van der Waals surface area (Å²) < 4.78 is 18.6. The van der Waals surface area contributed by atoms with Crippen molar-refractivity contribution in [1.82, 2.24) is 0 Å². The Balaban J connectivity index is 1.66. The van der Waals surface area contributed by atoms with Gasteiger partial charge in [-0.1, -0.05) is 53.5 Å². The molecule has 0 aromatic heterocycles. The normalized spacial score (nSPS) is 10.9. The van der Waals surface area contributed by atoms with E-state index in [1.54, 1.807) is 54.6 Å². The highest BCUT2D eigenvalue weighted by Gasteiger charge is 2.12. The van der Waals surface area contributed by atoms with Gasteiger partial charge in [-0.25, -0.2) is 4.39 Å². The minimum absolute atomic E-state index is 0.0916. The number of carbonyl (C=O) groups excluding carboxylic acids is 1. The lowest BCUT2D eigenvalue weighted by Crippen LogP contribution is -2.13. The second kappa shape index (κ2) is 9.93. The first-order chi connectivity index (χ1) is 14.5. The summed E-state index contributed by atoms with van der Waals surface area (Å²) in [5.74, 6) is -0.298. The maximum Gasteiger partial charge on any atom is 0.266 e. The standard InChI is InChI=1S/C23H15Cl2FN2O2/c24-20-2-1-3-21(22(20)25)28-23(29)17(13-27)12-15-6-10-19(11-7-15)30-14-16-4-8-18(26)9-5-16/h1-12H,14H2,(H,28,29)/b17-12-. The highest BCUT2D eigenvalue weighted by atomic mass is 35.5. The van der Waals surface area contributed by atoms with Gasteiger partial charge in [0.15, 0.2) is 0 Å². The lowest BCUT2D eigenvalue weighted by atomic mass is 10.1. The van der Waals surface area contributed by atoms with Gasteiger partial charge in [0, 0.05) is 0 Å². The van der Waals surface area contributed by atoms with Crippen LogP contribution in [0.25, 0.3) is 6.08 Å². The van der Waals surface area contributed by atoms with Gasteiger partial charge in [0.05, 0.1) is 15.7 Å². The molecule has 0 aliphatic rings. The van der Waals surface area contributed by atoms with Gasteiger partial charge in [0.2, 0.25) is 0 Å². The molecule has 4 nitrogen and oxygen atoms in total. The molecule has 0 aliphatic carbocycles. The Hall–Kier alpha value is -3.33. The largest absolute Gasteiger partial charge is 0.489 e. The molecular formula is C23H15Cl2FN2O2. The third-order valence-corrected chi connectivity index (χ3v) is 4.89. The number of benzene rings is 3. The summed E-state index contributed by atoms with van der Waals surface area (Å²) in [4.78, 5) is 12.4. The minimum Gasteiger partial charge on any atom is -0.489 e. The molecule has 0 saturated carbocycles. The van der Waals surface area contributed by atoms with E-state index >= 15 is 0 Å². The molecular weight excluding hydrogens is 426 g/mol. The van der Waals surface area contributed by atoms with E-state index in [0.717, 1.165) is 5.56 Å². The number of amides is 1. The maximum absolute atomic E-state index is 12.9. The van der Waals surface area contributed by atoms with Gasteiger partial charge in [-0.05, 0) is 53.6 Å². The Bertz CT molecular complexity index is 1120. The number of carbonyl (C=O) groups is 1. The third kappa shape index (κ3) is 5.60. The molecule has 1 N–H and O–H groups in total. The van der Waals surface area contributed by atoms with E-state index < -0.39 is 5.91 Å². The number of hydrogen-bond acceptors (Lipinski definition) is 3. The highest BCUT2D eigenvalue weighted by molar-refractivity contribution is 6.44. The van der Waals surface area contributed by atoms with Crippen molar-refractivity contribution >= 4 is 40.9 Å². The number of nitrogens with one attached hydrogen (secondary N) is 1. The number of hydrogen-bond donors (Lipinski definition) is 1. The Kier molecular flexibility index (Phi) is 7.08. The third-order valence-electron chi connectivity index (χ3n) is 4.07. The van der Waals surface area contributed by atoms with E-state index in [1.165, 1.54) is 18.2 Å². The average molecular weight is 441 g/mol. The number of nitrogens with zero attached hydrogens (tertiary/aromatic N) is 1. The van der Waals surface area contributed by atoms with Crippen molar-refractivity contribution in [3.8, 4) is 11.8 Å². The second-order valence-electron chi connectivity index (χ2n) is 6.21. The zero-order chi connectivity index (χ0) is 21.5. The van der Waals surface area contributed by atoms with E-state index in [9.17, 15) is 14.4 Å². The van der Waals surface area contributed by atoms with Crippen LogP contribution in [0.5, 0.6) is 5.75 Å². The molecule has 150 valence electrons. The molecule has 0 spiro atoms. The highest BCUT2D eigenvalue weighted by Crippen LogP contribution is 2.29. The van der Waals surface area contributed by atoms with Crippen LogP contribution < -0.4 is 10.1 Å². The van der Waals surface area contributed by atoms with E-state index in [1.807, 2.05) is 6.07 Å². The smallest absolute Gasteiger partial charge is 0.266 e. The van der Waals surface area contributed by atoms with E-state index in [4.69, 9.17) is 27.9 Å². The monoisotopic (exact) mass is 440 g/mol. The van der Waals surface area contributed by atoms with Crippen molar-refractivity contribution in [2.75, 3.05) is 5.32 Å². The second-order valence-corrected chi connectivity index (χ2v) is 6.99. The van der Waals surface area contributed by atoms with E-state index in [-0.39, 0.29) is 16.4 Å². The topological polar surface area (TPSA) is 62.1 Å². The molecule has 0 saturated heterocycles. The summed E-state index contributed by atoms with van der Waals surface area (Å²) in [6.07, 6.45) is 1.46. The fourth-order valence-electron chi connectivity index (χ4n) is 2.51. The van der Waals surface area contributed by atoms with Crippen LogP contribution in [-0.4, -0.2) is 5.91 Å². The Labute approximate surface area is 183 Å². The van der Waals surface area contributed by atoms with Crippen LogP contribution >= 0.6 is 23.2 Å². The molecule has 0 heterocycles. The minimum atomic E-state index is -0.599. The summed E-state index contributed by atoms with van der Waals surface area (Å²) in [7, 11) is 0. The molecule has 3 aromatic rings. The first-order valence-corrected chi connectivity index (χ1v) is 9.56. The van der Waals surface area contributed by atoms with Crippen molar-refractivity contribution in [3.05, 3.63) is 99.3 Å². The quantitative estimate of drug-likeness (QED) is 0.363. The molecule has 7 heteroatoms. The van der Waals surface area contributed by atoms with Gasteiger partial charge < -0.3 is 10.1 Å². The Morgan fingerprint density at radius 3 is 2.43 bits per heavy atom.